The van der Waals surface area contributed by atoms with Crippen LogP contribution in [0.3, 0.4) is 0 Å². The summed E-state index contributed by atoms with van der Waals surface area (Å²) in [6.45, 7) is 0. The fourth-order valence-corrected chi connectivity index (χ4v) is 2.81. The maximum absolute atomic E-state index is 11.7. The highest BCUT2D eigenvalue weighted by Crippen LogP contribution is 2.37. The summed E-state index contributed by atoms with van der Waals surface area (Å²) in [4.78, 5) is 33.4. The predicted molar refractivity (Wildman–Crippen MR) is 69.7 cm³/mol. The number of hydrogen-bond acceptors (Lipinski definition) is 4. The molecule has 2 amide bonds. The number of non-ortho nitro benzene ring substituents is 1. The Morgan fingerprint density at radius 1 is 1.10 bits per heavy atom. The number of benzene rings is 1. The first kappa shape index (κ1) is 12.5. The van der Waals surface area contributed by atoms with E-state index in [-0.39, 0.29) is 35.3 Å². The van der Waals surface area contributed by atoms with Crippen LogP contribution in [0.15, 0.2) is 36.4 Å². The van der Waals surface area contributed by atoms with Gasteiger partial charge in [-0.3, -0.25) is 25.0 Å². The van der Waals surface area contributed by atoms with Crippen molar-refractivity contribution in [2.24, 2.45) is 11.8 Å². The third-order valence-corrected chi connectivity index (χ3v) is 3.91. The highest BCUT2D eigenvalue weighted by Gasteiger charge is 2.42. The summed E-state index contributed by atoms with van der Waals surface area (Å²) in [5.41, 5.74) is 0.956. The lowest BCUT2D eigenvalue weighted by Gasteiger charge is -2.23. The molecule has 0 aromatic heterocycles. The van der Waals surface area contributed by atoms with Crippen LogP contribution in [0.1, 0.15) is 17.9 Å². The molecule has 0 bridgehead atoms. The number of rotatable bonds is 2. The van der Waals surface area contributed by atoms with E-state index >= 15 is 0 Å². The summed E-state index contributed by atoms with van der Waals surface area (Å²) in [6, 6.07) is 6.30. The van der Waals surface area contributed by atoms with Gasteiger partial charge in [0.05, 0.1) is 16.8 Å². The van der Waals surface area contributed by atoms with E-state index in [1.807, 2.05) is 6.08 Å². The van der Waals surface area contributed by atoms with Crippen LogP contribution < -0.4 is 5.32 Å². The zero-order valence-corrected chi connectivity index (χ0v) is 10.5. The van der Waals surface area contributed by atoms with Crippen molar-refractivity contribution < 1.29 is 14.5 Å². The second-order valence-electron chi connectivity index (χ2n) is 5.06. The molecule has 20 heavy (non-hydrogen) atoms. The second kappa shape index (κ2) is 4.56. The van der Waals surface area contributed by atoms with Gasteiger partial charge in [-0.2, -0.15) is 0 Å². The maximum Gasteiger partial charge on any atom is 0.269 e. The van der Waals surface area contributed by atoms with Crippen LogP contribution in [0, 0.1) is 22.0 Å². The van der Waals surface area contributed by atoms with Crippen LogP contribution in [0.25, 0.3) is 0 Å². The number of carbonyl (C=O) groups excluding carboxylic acids is 2. The molecular weight excluding hydrogens is 260 g/mol. The Balaban J connectivity index is 1.84. The van der Waals surface area contributed by atoms with Crippen LogP contribution in [0.2, 0.25) is 0 Å². The van der Waals surface area contributed by atoms with Crippen LogP contribution in [0.5, 0.6) is 0 Å². The maximum atomic E-state index is 11.7. The lowest BCUT2D eigenvalue weighted by atomic mass is 9.78. The summed E-state index contributed by atoms with van der Waals surface area (Å²) in [5.74, 6) is -1.15. The number of imide groups is 1. The number of nitrogens with zero attached hydrogens (tertiary/aromatic N) is 1. The summed E-state index contributed by atoms with van der Waals surface area (Å²) >= 11 is 0. The van der Waals surface area contributed by atoms with E-state index in [1.165, 1.54) is 12.1 Å². The van der Waals surface area contributed by atoms with Gasteiger partial charge in [0.25, 0.3) is 5.69 Å². The number of nitro groups is 1. The van der Waals surface area contributed by atoms with Gasteiger partial charge in [0.2, 0.25) is 11.8 Å². The Bertz CT molecular complexity index is 621. The molecule has 2 aliphatic rings. The largest absolute Gasteiger partial charge is 0.296 e. The summed E-state index contributed by atoms with van der Waals surface area (Å²) in [5, 5.41) is 13.0. The molecule has 1 fully saturated rings. The molecule has 1 aliphatic carbocycles. The molecule has 1 saturated heterocycles. The number of fused-ring (bicyclic) bond motifs is 1. The summed E-state index contributed by atoms with van der Waals surface area (Å²) < 4.78 is 0. The average Bonchev–Trinajstić information content (AvgIpc) is 2.74. The molecule has 0 radical (unpaired) electrons. The monoisotopic (exact) mass is 272 g/mol. The molecule has 102 valence electrons. The van der Waals surface area contributed by atoms with Crippen molar-refractivity contribution in [3.05, 3.63) is 52.1 Å². The van der Waals surface area contributed by atoms with E-state index in [1.54, 1.807) is 18.2 Å². The summed E-state index contributed by atoms with van der Waals surface area (Å²) in [7, 11) is 0. The van der Waals surface area contributed by atoms with Gasteiger partial charge in [-0.25, -0.2) is 0 Å². The highest BCUT2D eigenvalue weighted by molar-refractivity contribution is 6.06. The van der Waals surface area contributed by atoms with Crippen molar-refractivity contribution in [1.82, 2.24) is 5.32 Å². The SMILES string of the molecule is O=C1NC(=O)C2CC(c3ccc([N+](=O)[O-])cc3)C=CC12. The quantitative estimate of drug-likeness (QED) is 0.382. The van der Waals surface area contributed by atoms with Crippen molar-refractivity contribution in [3.63, 3.8) is 0 Å². The molecule has 3 unspecified atom stereocenters. The first-order chi connectivity index (χ1) is 9.56. The number of nitro benzene ring substituents is 1. The molecule has 3 atom stereocenters. The number of hydrogen-bond donors (Lipinski definition) is 1. The second-order valence-corrected chi connectivity index (χ2v) is 5.06. The third kappa shape index (κ3) is 1.99. The Labute approximate surface area is 114 Å². The zero-order chi connectivity index (χ0) is 14.3. The average molecular weight is 272 g/mol. The van der Waals surface area contributed by atoms with E-state index in [2.05, 4.69) is 5.32 Å². The van der Waals surface area contributed by atoms with Gasteiger partial charge in [-0.1, -0.05) is 24.3 Å². The molecule has 1 N–H and O–H groups in total. The standard InChI is InChI=1S/C14H12N2O4/c17-13-11-6-3-9(7-12(11)14(18)15-13)8-1-4-10(5-2-8)16(19)20/h1-6,9,11-12H,7H2,(H,15,17,18). The molecular formula is C14H12N2O4. The topological polar surface area (TPSA) is 89.3 Å². The highest BCUT2D eigenvalue weighted by atomic mass is 16.6. The normalized spacial score (nSPS) is 28.1. The number of nitrogens with one attached hydrogen (secondary N) is 1. The Morgan fingerprint density at radius 3 is 2.45 bits per heavy atom. The lowest BCUT2D eigenvalue weighted by Crippen LogP contribution is -2.23. The summed E-state index contributed by atoms with van der Waals surface area (Å²) in [6.07, 6.45) is 4.22. The number of carbonyl (C=O) groups is 2. The van der Waals surface area contributed by atoms with Crippen LogP contribution in [-0.2, 0) is 9.59 Å². The molecule has 1 heterocycles. The van der Waals surface area contributed by atoms with Gasteiger partial charge in [-0.05, 0) is 12.0 Å². The van der Waals surface area contributed by atoms with Gasteiger partial charge in [0.15, 0.2) is 0 Å². The van der Waals surface area contributed by atoms with Crippen molar-refractivity contribution in [2.75, 3.05) is 0 Å². The first-order valence-electron chi connectivity index (χ1n) is 6.33. The molecule has 1 aromatic carbocycles. The Hall–Kier alpha value is -2.50. The van der Waals surface area contributed by atoms with E-state index in [9.17, 15) is 19.7 Å². The minimum Gasteiger partial charge on any atom is -0.296 e. The van der Waals surface area contributed by atoms with Crippen LogP contribution >= 0.6 is 0 Å². The molecule has 1 aromatic rings. The first-order valence-corrected chi connectivity index (χ1v) is 6.33. The fourth-order valence-electron chi connectivity index (χ4n) is 2.81. The van der Waals surface area contributed by atoms with E-state index in [0.29, 0.717) is 6.42 Å². The minimum absolute atomic E-state index is 0.00806. The third-order valence-electron chi connectivity index (χ3n) is 3.91. The van der Waals surface area contributed by atoms with Gasteiger partial charge in [-0.15, -0.1) is 0 Å². The number of allylic oxidation sites excluding steroid dienone is 1. The van der Waals surface area contributed by atoms with Crippen molar-refractivity contribution in [2.45, 2.75) is 12.3 Å². The van der Waals surface area contributed by atoms with Gasteiger partial charge < -0.3 is 0 Å². The van der Waals surface area contributed by atoms with E-state index in [0.717, 1.165) is 5.56 Å². The van der Waals surface area contributed by atoms with Gasteiger partial charge in [0, 0.05) is 18.1 Å². The van der Waals surface area contributed by atoms with Crippen LogP contribution in [-0.4, -0.2) is 16.7 Å². The zero-order valence-electron chi connectivity index (χ0n) is 10.5. The van der Waals surface area contributed by atoms with Crippen LogP contribution in [0.4, 0.5) is 5.69 Å². The van der Waals surface area contributed by atoms with Crippen molar-refractivity contribution >= 4 is 17.5 Å². The minimum atomic E-state index is -0.445. The van der Waals surface area contributed by atoms with E-state index < -0.39 is 4.92 Å². The van der Waals surface area contributed by atoms with E-state index in [4.69, 9.17) is 0 Å². The lowest BCUT2D eigenvalue weighted by molar-refractivity contribution is -0.384. The Kier molecular flexibility index (Phi) is 2.85. The molecule has 1 aliphatic heterocycles. The fraction of sp³-hybridized carbons (Fsp3) is 0.286. The number of amides is 2. The van der Waals surface area contributed by atoms with Gasteiger partial charge in [0.1, 0.15) is 0 Å². The molecule has 0 spiro atoms. The molecule has 6 nitrogen and oxygen atoms in total. The van der Waals surface area contributed by atoms with Gasteiger partial charge >= 0.3 is 0 Å². The Morgan fingerprint density at radius 2 is 1.80 bits per heavy atom. The molecule has 3 rings (SSSR count). The molecule has 0 saturated carbocycles. The smallest absolute Gasteiger partial charge is 0.269 e. The van der Waals surface area contributed by atoms with Crippen molar-refractivity contribution in [1.29, 1.82) is 0 Å². The molecule has 6 heteroatoms. The predicted octanol–water partition coefficient (Wildman–Crippen LogP) is 1.53. The van der Waals surface area contributed by atoms with Crippen molar-refractivity contribution in [3.8, 4) is 0 Å².